The van der Waals surface area contributed by atoms with Crippen molar-refractivity contribution in [1.82, 2.24) is 0 Å². The summed E-state index contributed by atoms with van der Waals surface area (Å²) in [6.45, 7) is 0. The Hall–Kier alpha value is -2.19. The predicted molar refractivity (Wildman–Crippen MR) is 130 cm³/mol. The van der Waals surface area contributed by atoms with Gasteiger partial charge >= 0.3 is 0 Å². The maximum absolute atomic E-state index is 12.2. The molecule has 0 saturated carbocycles. The van der Waals surface area contributed by atoms with Crippen LogP contribution in [-0.4, -0.2) is 55.4 Å². The van der Waals surface area contributed by atoms with Gasteiger partial charge in [-0.2, -0.15) is 0 Å². The highest BCUT2D eigenvalue weighted by atomic mass is 32.1. The number of aliphatic hydroxyl groups is 4. The summed E-state index contributed by atoms with van der Waals surface area (Å²) in [7, 11) is 0. The molecule has 1 aliphatic heterocycles. The summed E-state index contributed by atoms with van der Waals surface area (Å²) < 4.78 is 5.91. The molecule has 1 heterocycles. The first-order chi connectivity index (χ1) is 15.8. The highest BCUT2D eigenvalue weighted by molar-refractivity contribution is 7.80. The topological polar surface area (TPSA) is 90.2 Å². The second kappa shape index (κ2) is 9.97. The van der Waals surface area contributed by atoms with Gasteiger partial charge in [0.1, 0.15) is 28.8 Å². The third-order valence-electron chi connectivity index (χ3n) is 6.54. The van der Waals surface area contributed by atoms with Gasteiger partial charge in [0.15, 0.2) is 0 Å². The van der Waals surface area contributed by atoms with E-state index in [0.717, 1.165) is 16.7 Å². The molecule has 1 aliphatic rings. The minimum Gasteiger partial charge on any atom is -0.390 e. The van der Waals surface area contributed by atoms with Gasteiger partial charge in [-0.15, -0.1) is 12.6 Å². The lowest BCUT2D eigenvalue weighted by Gasteiger charge is -2.56. The molecule has 0 amide bonds. The van der Waals surface area contributed by atoms with Gasteiger partial charge in [0, 0.05) is 19.3 Å². The normalized spacial score (nSPS) is 30.6. The molecule has 3 aromatic carbocycles. The lowest BCUT2D eigenvalue weighted by atomic mass is 9.65. The van der Waals surface area contributed by atoms with E-state index in [1.165, 1.54) is 0 Å². The highest BCUT2D eigenvalue weighted by Gasteiger charge is 2.65. The molecule has 33 heavy (non-hydrogen) atoms. The highest BCUT2D eigenvalue weighted by Crippen LogP contribution is 2.45. The molecule has 1 saturated heterocycles. The summed E-state index contributed by atoms with van der Waals surface area (Å²) in [5, 5.41) is 46.5. The number of rotatable bonds is 7. The van der Waals surface area contributed by atoms with Crippen LogP contribution in [0.1, 0.15) is 16.7 Å². The first kappa shape index (κ1) is 24.0. The fraction of sp³-hybridized carbons (Fsp3) is 0.333. The van der Waals surface area contributed by atoms with E-state index in [2.05, 4.69) is 12.6 Å². The van der Waals surface area contributed by atoms with Crippen molar-refractivity contribution in [1.29, 1.82) is 0 Å². The smallest absolute Gasteiger partial charge is 0.129 e. The van der Waals surface area contributed by atoms with Gasteiger partial charge in [0.2, 0.25) is 0 Å². The number of aliphatic hydroxyl groups excluding tert-OH is 2. The first-order valence-electron chi connectivity index (χ1n) is 11.1. The molecule has 6 atom stereocenters. The van der Waals surface area contributed by atoms with E-state index in [0.29, 0.717) is 0 Å². The van der Waals surface area contributed by atoms with Crippen LogP contribution in [0.2, 0.25) is 0 Å². The van der Waals surface area contributed by atoms with Crippen molar-refractivity contribution in [2.75, 3.05) is 0 Å². The minimum atomic E-state index is -2.03. The molecule has 3 aromatic rings. The van der Waals surface area contributed by atoms with Gasteiger partial charge in [-0.1, -0.05) is 91.0 Å². The zero-order valence-corrected chi connectivity index (χ0v) is 19.1. The summed E-state index contributed by atoms with van der Waals surface area (Å²) in [6, 6.07) is 27.8. The minimum absolute atomic E-state index is 0.0226. The van der Waals surface area contributed by atoms with Crippen molar-refractivity contribution < 1.29 is 25.2 Å². The van der Waals surface area contributed by atoms with Crippen molar-refractivity contribution in [2.24, 2.45) is 0 Å². The second-order valence-electron chi connectivity index (χ2n) is 8.82. The Kier molecular flexibility index (Phi) is 7.24. The Bertz CT molecular complexity index is 1020. The van der Waals surface area contributed by atoms with Gasteiger partial charge in [-0.05, 0) is 16.7 Å². The van der Waals surface area contributed by atoms with Crippen LogP contribution in [0.25, 0.3) is 0 Å². The largest absolute Gasteiger partial charge is 0.390 e. The summed E-state index contributed by atoms with van der Waals surface area (Å²) in [6.07, 6.45) is -3.68. The van der Waals surface area contributed by atoms with Crippen LogP contribution < -0.4 is 0 Å². The number of benzene rings is 3. The van der Waals surface area contributed by atoms with Gasteiger partial charge in [0.05, 0.1) is 6.10 Å². The van der Waals surface area contributed by atoms with E-state index >= 15 is 0 Å². The van der Waals surface area contributed by atoms with E-state index in [-0.39, 0.29) is 19.3 Å². The molecule has 0 aromatic heterocycles. The van der Waals surface area contributed by atoms with Crippen LogP contribution in [0.5, 0.6) is 0 Å². The van der Waals surface area contributed by atoms with Crippen LogP contribution in [-0.2, 0) is 24.0 Å². The zero-order valence-electron chi connectivity index (χ0n) is 18.2. The van der Waals surface area contributed by atoms with Gasteiger partial charge < -0.3 is 25.2 Å². The molecule has 0 spiro atoms. The van der Waals surface area contributed by atoms with Crippen molar-refractivity contribution in [3.8, 4) is 0 Å². The molecule has 5 nitrogen and oxygen atoms in total. The molecular weight excluding hydrogens is 436 g/mol. The average molecular weight is 467 g/mol. The lowest BCUT2D eigenvalue weighted by Crippen LogP contribution is -2.76. The van der Waals surface area contributed by atoms with Crippen LogP contribution in [0.15, 0.2) is 91.0 Å². The maximum Gasteiger partial charge on any atom is 0.129 e. The SMILES string of the molecule is OC(Cc1ccccc1)[C@H]1O[C@@H](S)[C@H](O)[C@](O)(Cc2ccccc2)[C@@]1(O)Cc1ccccc1. The number of hydrogen-bond acceptors (Lipinski definition) is 6. The molecule has 0 radical (unpaired) electrons. The van der Waals surface area contributed by atoms with Crippen LogP contribution >= 0.6 is 12.6 Å². The summed E-state index contributed by atoms with van der Waals surface area (Å²) >= 11 is 4.37. The molecule has 0 aliphatic carbocycles. The summed E-state index contributed by atoms with van der Waals surface area (Å²) in [5.41, 5.74) is -2.77. The first-order valence-corrected chi connectivity index (χ1v) is 11.6. The molecule has 0 bridgehead atoms. The Labute approximate surface area is 199 Å². The molecule has 1 unspecified atom stereocenters. The molecule has 4 N–H and O–H groups in total. The monoisotopic (exact) mass is 466 g/mol. The fourth-order valence-corrected chi connectivity index (χ4v) is 5.15. The molecule has 4 rings (SSSR count). The van der Waals surface area contributed by atoms with E-state index in [1.54, 1.807) is 0 Å². The van der Waals surface area contributed by atoms with Gasteiger partial charge in [-0.3, -0.25) is 0 Å². The molecule has 6 heteroatoms. The Morgan fingerprint density at radius 1 is 0.727 bits per heavy atom. The van der Waals surface area contributed by atoms with Crippen molar-refractivity contribution in [3.63, 3.8) is 0 Å². The van der Waals surface area contributed by atoms with Crippen LogP contribution in [0, 0.1) is 0 Å². The van der Waals surface area contributed by atoms with Crippen molar-refractivity contribution in [2.45, 2.75) is 54.2 Å². The second-order valence-corrected chi connectivity index (χ2v) is 9.33. The number of thiol groups is 1. The quantitative estimate of drug-likeness (QED) is 0.346. The Morgan fingerprint density at radius 3 is 1.64 bits per heavy atom. The predicted octanol–water partition coefficient (Wildman–Crippen LogP) is 2.55. The van der Waals surface area contributed by atoms with Crippen LogP contribution in [0.3, 0.4) is 0 Å². The van der Waals surface area contributed by atoms with E-state index < -0.39 is 34.9 Å². The third-order valence-corrected chi connectivity index (χ3v) is 6.94. The Morgan fingerprint density at radius 2 is 1.15 bits per heavy atom. The number of hydrogen-bond donors (Lipinski definition) is 5. The lowest BCUT2D eigenvalue weighted by molar-refractivity contribution is -0.314. The van der Waals surface area contributed by atoms with Gasteiger partial charge in [-0.25, -0.2) is 0 Å². The Balaban J connectivity index is 1.76. The fourth-order valence-electron chi connectivity index (χ4n) is 4.77. The zero-order chi connectivity index (χ0) is 23.5. The molecular formula is C27H30O5S. The molecule has 1 fully saturated rings. The standard InChI is InChI=1S/C27H30O5S/c28-22(16-19-10-4-1-5-11-19)24-27(31,18-21-14-8-3-9-15-21)26(30,23(29)25(33)32-24)17-20-12-6-2-7-13-20/h1-15,22-25,28-31,33H,16-18H2/t22?,23-,24+,25-,26+,27+/m0/s1. The van der Waals surface area contributed by atoms with Crippen molar-refractivity contribution >= 4 is 12.6 Å². The third kappa shape index (κ3) is 4.87. The summed E-state index contributed by atoms with van der Waals surface area (Å²) in [5.74, 6) is 0. The van der Waals surface area contributed by atoms with E-state index in [1.807, 2.05) is 91.0 Å². The van der Waals surface area contributed by atoms with E-state index in [9.17, 15) is 20.4 Å². The maximum atomic E-state index is 12.2. The molecule has 174 valence electrons. The van der Waals surface area contributed by atoms with Crippen molar-refractivity contribution in [3.05, 3.63) is 108 Å². The van der Waals surface area contributed by atoms with Gasteiger partial charge in [0.25, 0.3) is 0 Å². The van der Waals surface area contributed by atoms with Crippen LogP contribution in [0.4, 0.5) is 0 Å². The number of ether oxygens (including phenoxy) is 1. The summed E-state index contributed by atoms with van der Waals surface area (Å²) in [4.78, 5) is 0. The average Bonchev–Trinajstić information content (AvgIpc) is 2.82. The van der Waals surface area contributed by atoms with E-state index in [4.69, 9.17) is 4.74 Å².